The molecule has 0 atom stereocenters. The van der Waals surface area contributed by atoms with Gasteiger partial charge in [0.1, 0.15) is 5.75 Å². The van der Waals surface area contributed by atoms with Gasteiger partial charge in [-0.2, -0.15) is 17.6 Å². The van der Waals surface area contributed by atoms with E-state index in [1.807, 2.05) is 0 Å². The highest BCUT2D eigenvalue weighted by molar-refractivity contribution is 8.16. The lowest BCUT2D eigenvalue weighted by Gasteiger charge is -2.16. The van der Waals surface area contributed by atoms with Crippen LogP contribution in [0.1, 0.15) is 5.56 Å². The summed E-state index contributed by atoms with van der Waals surface area (Å²) in [5.74, 6) is -0.476. The van der Waals surface area contributed by atoms with Crippen molar-refractivity contribution in [3.8, 4) is 5.75 Å². The van der Waals surface area contributed by atoms with Gasteiger partial charge in [0.2, 0.25) is 0 Å². The molecule has 1 aromatic carbocycles. The molecule has 0 saturated carbocycles. The van der Waals surface area contributed by atoms with Crippen molar-refractivity contribution in [2.75, 3.05) is 0 Å². The average molecular weight is 319 g/mol. The Morgan fingerprint density at radius 1 is 1.21 bits per heavy atom. The lowest BCUT2D eigenvalue weighted by Crippen LogP contribution is -2.33. The predicted octanol–water partition coefficient (Wildman–Crippen LogP) is 3.46. The first-order chi connectivity index (χ1) is 8.60. The van der Waals surface area contributed by atoms with Gasteiger partial charge in [-0.3, -0.25) is 0 Å². The maximum absolute atomic E-state index is 12.6. The summed E-state index contributed by atoms with van der Waals surface area (Å²) in [6.07, 6.45) is -7.43. The van der Waals surface area contributed by atoms with Crippen molar-refractivity contribution >= 4 is 25.8 Å². The number of benzene rings is 1. The molecule has 106 valence electrons. The standard InChI is InChI=1S/C10H7ClF4O3S/c11-19(16,17)6-5-7-1-3-8(4-2-7)18-10(14,15)9(12)13/h1-6,9H. The molecule has 0 aliphatic carbocycles. The zero-order valence-corrected chi connectivity index (χ0v) is 10.6. The van der Waals surface area contributed by atoms with Crippen molar-refractivity contribution in [3.63, 3.8) is 0 Å². The molecule has 1 aromatic rings. The highest BCUT2D eigenvalue weighted by Gasteiger charge is 2.43. The van der Waals surface area contributed by atoms with Gasteiger partial charge in [0, 0.05) is 16.1 Å². The Kier molecular flexibility index (Phi) is 4.81. The van der Waals surface area contributed by atoms with Crippen LogP contribution in [-0.4, -0.2) is 21.0 Å². The molecule has 0 fully saturated rings. The Labute approximate surface area is 110 Å². The minimum absolute atomic E-state index is 0.317. The van der Waals surface area contributed by atoms with E-state index in [1.54, 1.807) is 0 Å². The van der Waals surface area contributed by atoms with Crippen LogP contribution in [0.3, 0.4) is 0 Å². The van der Waals surface area contributed by atoms with Gasteiger partial charge >= 0.3 is 12.5 Å². The van der Waals surface area contributed by atoms with E-state index in [2.05, 4.69) is 4.74 Å². The first-order valence-electron chi connectivity index (χ1n) is 4.68. The SMILES string of the molecule is O=S(=O)(Cl)C=Cc1ccc(OC(F)(F)C(F)F)cc1. The normalized spacial score (nSPS) is 13.2. The van der Waals surface area contributed by atoms with Crippen molar-refractivity contribution in [1.29, 1.82) is 0 Å². The fraction of sp³-hybridized carbons (Fsp3) is 0.200. The molecule has 3 nitrogen and oxygen atoms in total. The smallest absolute Gasteiger partial charge is 0.428 e. The van der Waals surface area contributed by atoms with Crippen LogP contribution in [0.25, 0.3) is 6.08 Å². The van der Waals surface area contributed by atoms with E-state index in [4.69, 9.17) is 10.7 Å². The Balaban J connectivity index is 2.81. The van der Waals surface area contributed by atoms with E-state index in [-0.39, 0.29) is 0 Å². The molecule has 19 heavy (non-hydrogen) atoms. The monoisotopic (exact) mass is 318 g/mol. The van der Waals surface area contributed by atoms with Gasteiger partial charge in [-0.15, -0.1) is 0 Å². The lowest BCUT2D eigenvalue weighted by atomic mass is 10.2. The van der Waals surface area contributed by atoms with Crippen molar-refractivity contribution in [2.45, 2.75) is 12.5 Å². The topological polar surface area (TPSA) is 43.4 Å². The summed E-state index contributed by atoms with van der Waals surface area (Å²) >= 11 is 0. The van der Waals surface area contributed by atoms with Crippen LogP contribution in [0.2, 0.25) is 0 Å². The molecule has 0 aliphatic rings. The van der Waals surface area contributed by atoms with Gasteiger partial charge in [0.15, 0.2) is 0 Å². The Morgan fingerprint density at radius 2 is 1.74 bits per heavy atom. The molecule has 0 heterocycles. The highest BCUT2D eigenvalue weighted by atomic mass is 35.7. The summed E-state index contributed by atoms with van der Waals surface area (Å²) in [5.41, 5.74) is 0.317. The van der Waals surface area contributed by atoms with Gasteiger partial charge in [-0.05, 0) is 23.8 Å². The molecule has 0 amide bonds. The summed E-state index contributed by atoms with van der Waals surface area (Å²) in [4.78, 5) is 0. The van der Waals surface area contributed by atoms with Crippen LogP contribution in [0, 0.1) is 0 Å². The zero-order chi connectivity index (χ0) is 14.7. The number of ether oxygens (including phenoxy) is 1. The van der Waals surface area contributed by atoms with Crippen LogP contribution in [0.5, 0.6) is 5.75 Å². The summed E-state index contributed by atoms with van der Waals surface area (Å²) in [5, 5.41) is 0.693. The molecular formula is C10H7ClF4O3S. The maximum Gasteiger partial charge on any atom is 0.461 e. The first kappa shape index (κ1) is 15.8. The van der Waals surface area contributed by atoms with Gasteiger partial charge in [0.05, 0.1) is 0 Å². The minimum Gasteiger partial charge on any atom is -0.428 e. The Bertz CT molecular complexity index is 555. The van der Waals surface area contributed by atoms with E-state index in [0.29, 0.717) is 11.0 Å². The summed E-state index contributed by atoms with van der Waals surface area (Å²) < 4.78 is 73.9. The van der Waals surface area contributed by atoms with E-state index < -0.39 is 27.3 Å². The molecule has 0 aliphatic heterocycles. The summed E-state index contributed by atoms with van der Waals surface area (Å²) in [6, 6.07) is 4.40. The van der Waals surface area contributed by atoms with Gasteiger partial charge in [-0.1, -0.05) is 12.1 Å². The van der Waals surface area contributed by atoms with Crippen LogP contribution in [0.4, 0.5) is 17.6 Å². The van der Waals surface area contributed by atoms with E-state index in [1.165, 1.54) is 12.1 Å². The number of halogens is 5. The third kappa shape index (κ3) is 5.48. The number of rotatable bonds is 5. The van der Waals surface area contributed by atoms with Crippen molar-refractivity contribution in [2.24, 2.45) is 0 Å². The molecule has 0 unspecified atom stereocenters. The quantitative estimate of drug-likeness (QED) is 0.617. The second kappa shape index (κ2) is 5.79. The maximum atomic E-state index is 12.6. The molecule has 0 spiro atoms. The van der Waals surface area contributed by atoms with E-state index in [0.717, 1.165) is 18.2 Å². The summed E-state index contributed by atoms with van der Waals surface area (Å²) in [7, 11) is 1.08. The van der Waals surface area contributed by atoms with E-state index >= 15 is 0 Å². The molecule has 0 saturated heterocycles. The van der Waals surface area contributed by atoms with Crippen LogP contribution in [-0.2, 0) is 9.05 Å². The number of alkyl halides is 4. The molecule has 9 heteroatoms. The zero-order valence-electron chi connectivity index (χ0n) is 9.06. The third-order valence-corrected chi connectivity index (χ3v) is 2.58. The average Bonchev–Trinajstić information content (AvgIpc) is 2.26. The minimum atomic E-state index is -4.59. The van der Waals surface area contributed by atoms with Gasteiger partial charge in [-0.25, -0.2) is 8.42 Å². The molecule has 0 N–H and O–H groups in total. The summed E-state index contributed by atoms with van der Waals surface area (Å²) in [6.45, 7) is 0. The van der Waals surface area contributed by atoms with Gasteiger partial charge in [0.25, 0.3) is 9.05 Å². The van der Waals surface area contributed by atoms with Gasteiger partial charge < -0.3 is 4.74 Å². The third-order valence-electron chi connectivity index (χ3n) is 1.81. The Morgan fingerprint density at radius 3 is 2.16 bits per heavy atom. The second-order valence-corrected chi connectivity index (χ2v) is 5.83. The van der Waals surface area contributed by atoms with Crippen LogP contribution >= 0.6 is 10.7 Å². The predicted molar refractivity (Wildman–Crippen MR) is 61.8 cm³/mol. The van der Waals surface area contributed by atoms with Crippen LogP contribution in [0.15, 0.2) is 29.7 Å². The highest BCUT2D eigenvalue weighted by Crippen LogP contribution is 2.27. The van der Waals surface area contributed by atoms with Crippen molar-refractivity contribution in [3.05, 3.63) is 35.2 Å². The van der Waals surface area contributed by atoms with Crippen molar-refractivity contribution < 1.29 is 30.7 Å². The number of hydrogen-bond acceptors (Lipinski definition) is 3. The first-order valence-corrected chi connectivity index (χ1v) is 7.05. The molecule has 0 bridgehead atoms. The Hall–Kier alpha value is -1.28. The molecule has 0 radical (unpaired) electrons. The van der Waals surface area contributed by atoms with Crippen molar-refractivity contribution in [1.82, 2.24) is 0 Å². The largest absolute Gasteiger partial charge is 0.461 e. The molecular weight excluding hydrogens is 312 g/mol. The molecule has 0 aromatic heterocycles. The molecule has 1 rings (SSSR count). The van der Waals surface area contributed by atoms with Crippen LogP contribution < -0.4 is 4.74 Å². The fourth-order valence-electron chi connectivity index (χ4n) is 1.01. The van der Waals surface area contributed by atoms with E-state index in [9.17, 15) is 26.0 Å². The second-order valence-electron chi connectivity index (χ2n) is 3.31. The number of hydrogen-bond donors (Lipinski definition) is 0. The fourth-order valence-corrected chi connectivity index (χ4v) is 1.48. The lowest BCUT2D eigenvalue weighted by molar-refractivity contribution is -0.253.